The number of carboxylic acid groups (broad SMARTS) is 1. The summed E-state index contributed by atoms with van der Waals surface area (Å²) in [6, 6.07) is 0. The number of allylic oxidation sites excluding steroid dienone is 1. The quantitative estimate of drug-likeness (QED) is 0.514. The minimum Gasteiger partial charge on any atom is -0.481 e. The lowest BCUT2D eigenvalue weighted by Gasteiger charge is -2.26. The van der Waals surface area contributed by atoms with Crippen molar-refractivity contribution in [3.05, 3.63) is 12.7 Å². The lowest BCUT2D eigenvalue weighted by molar-refractivity contribution is -0.145. The normalized spacial score (nSPS) is 13.5. The summed E-state index contributed by atoms with van der Waals surface area (Å²) in [6.07, 6.45) is 6.97. The molecule has 0 saturated heterocycles. The fourth-order valence-electron chi connectivity index (χ4n) is 1.74. The van der Waals surface area contributed by atoms with E-state index in [0.717, 1.165) is 32.1 Å². The molecule has 2 nitrogen and oxygen atoms in total. The van der Waals surface area contributed by atoms with E-state index in [1.165, 1.54) is 0 Å². The molecule has 0 fully saturated rings. The monoisotopic (exact) mass is 212 g/mol. The zero-order valence-electron chi connectivity index (χ0n) is 10.3. The second-order valence-corrected chi connectivity index (χ2v) is 5.18. The van der Waals surface area contributed by atoms with Crippen LogP contribution in [0.25, 0.3) is 0 Å². The minimum atomic E-state index is -0.661. The zero-order chi connectivity index (χ0) is 11.9. The first-order valence-corrected chi connectivity index (χ1v) is 5.73. The zero-order valence-corrected chi connectivity index (χ0v) is 10.3. The molecule has 0 heterocycles. The maximum absolute atomic E-state index is 11.0. The Kier molecular flexibility index (Phi) is 6.30. The summed E-state index contributed by atoms with van der Waals surface area (Å²) < 4.78 is 0. The third kappa shape index (κ3) is 6.32. The van der Waals surface area contributed by atoms with Crippen molar-refractivity contribution in [2.75, 3.05) is 0 Å². The molecule has 0 amide bonds. The molecule has 0 bridgehead atoms. The highest BCUT2D eigenvalue weighted by molar-refractivity contribution is 5.70. The Hall–Kier alpha value is -0.790. The van der Waals surface area contributed by atoms with Crippen molar-refractivity contribution in [3.63, 3.8) is 0 Å². The van der Waals surface area contributed by atoms with Crippen LogP contribution in [0.4, 0.5) is 0 Å². The Morgan fingerprint density at radius 2 is 1.93 bits per heavy atom. The second kappa shape index (κ2) is 6.65. The summed E-state index contributed by atoms with van der Waals surface area (Å²) >= 11 is 0. The van der Waals surface area contributed by atoms with Gasteiger partial charge in [-0.1, -0.05) is 39.7 Å². The molecule has 1 unspecified atom stereocenters. The van der Waals surface area contributed by atoms with Crippen LogP contribution >= 0.6 is 0 Å². The Balaban J connectivity index is 3.88. The van der Waals surface area contributed by atoms with Gasteiger partial charge in [0.15, 0.2) is 0 Å². The molecule has 15 heavy (non-hydrogen) atoms. The Morgan fingerprint density at radius 1 is 1.33 bits per heavy atom. The second-order valence-electron chi connectivity index (χ2n) is 5.18. The fourth-order valence-corrected chi connectivity index (χ4v) is 1.74. The van der Waals surface area contributed by atoms with Gasteiger partial charge in [0.2, 0.25) is 0 Å². The number of hydrogen-bond donors (Lipinski definition) is 1. The highest BCUT2D eigenvalue weighted by atomic mass is 16.4. The predicted octanol–water partition coefficient (Wildman–Crippen LogP) is 3.87. The number of carbonyl (C=O) groups is 1. The molecule has 88 valence electrons. The van der Waals surface area contributed by atoms with E-state index in [1.807, 2.05) is 26.8 Å². The van der Waals surface area contributed by atoms with Gasteiger partial charge in [-0.3, -0.25) is 4.79 Å². The van der Waals surface area contributed by atoms with E-state index in [4.69, 9.17) is 5.11 Å². The van der Waals surface area contributed by atoms with Crippen LogP contribution in [-0.4, -0.2) is 11.1 Å². The van der Waals surface area contributed by atoms with Crippen LogP contribution in [0.3, 0.4) is 0 Å². The molecule has 0 aromatic heterocycles. The van der Waals surface area contributed by atoms with Crippen LogP contribution in [0.2, 0.25) is 0 Å². The first-order valence-electron chi connectivity index (χ1n) is 5.73. The van der Waals surface area contributed by atoms with Gasteiger partial charge < -0.3 is 5.11 Å². The summed E-state index contributed by atoms with van der Waals surface area (Å²) in [6.45, 7) is 9.65. The summed E-state index contributed by atoms with van der Waals surface area (Å²) in [7, 11) is 0. The van der Waals surface area contributed by atoms with Gasteiger partial charge in [-0.2, -0.15) is 0 Å². The Morgan fingerprint density at radius 3 is 2.33 bits per heavy atom. The molecule has 0 aromatic carbocycles. The summed E-state index contributed by atoms with van der Waals surface area (Å²) in [5.74, 6) is -0.882. The molecule has 0 radical (unpaired) electrons. The summed E-state index contributed by atoms with van der Waals surface area (Å²) in [5.41, 5.74) is -0.135. The van der Waals surface area contributed by atoms with Gasteiger partial charge in [-0.25, -0.2) is 0 Å². The van der Waals surface area contributed by atoms with Gasteiger partial charge in [-0.15, -0.1) is 6.58 Å². The maximum Gasteiger partial charge on any atom is 0.307 e. The first kappa shape index (κ1) is 14.2. The van der Waals surface area contributed by atoms with Crippen LogP contribution in [0.1, 0.15) is 52.9 Å². The van der Waals surface area contributed by atoms with E-state index in [0.29, 0.717) is 0 Å². The van der Waals surface area contributed by atoms with Gasteiger partial charge in [0.25, 0.3) is 0 Å². The molecule has 2 heteroatoms. The lowest BCUT2D eigenvalue weighted by atomic mass is 9.78. The summed E-state index contributed by atoms with van der Waals surface area (Å²) in [4.78, 5) is 11.0. The van der Waals surface area contributed by atoms with E-state index in [2.05, 4.69) is 6.58 Å². The first-order chi connectivity index (χ1) is 6.89. The van der Waals surface area contributed by atoms with Gasteiger partial charge in [0.05, 0.1) is 5.92 Å². The largest absolute Gasteiger partial charge is 0.481 e. The molecule has 0 aliphatic carbocycles. The van der Waals surface area contributed by atoms with Crippen molar-refractivity contribution < 1.29 is 9.90 Å². The maximum atomic E-state index is 11.0. The molecular weight excluding hydrogens is 188 g/mol. The average molecular weight is 212 g/mol. The highest BCUT2D eigenvalue weighted by Crippen LogP contribution is 2.30. The van der Waals surface area contributed by atoms with E-state index in [9.17, 15) is 4.79 Å². The van der Waals surface area contributed by atoms with E-state index >= 15 is 0 Å². The molecule has 0 aromatic rings. The predicted molar refractivity (Wildman–Crippen MR) is 63.9 cm³/mol. The van der Waals surface area contributed by atoms with Crippen LogP contribution < -0.4 is 0 Å². The fraction of sp³-hybridized carbons (Fsp3) is 0.769. The lowest BCUT2D eigenvalue weighted by Crippen LogP contribution is -2.28. The molecular formula is C13H24O2. The van der Waals surface area contributed by atoms with Crippen LogP contribution in [0.15, 0.2) is 12.7 Å². The Bertz CT molecular complexity index is 201. The number of aliphatic carboxylic acids is 1. The highest BCUT2D eigenvalue weighted by Gasteiger charge is 2.30. The number of hydrogen-bond acceptors (Lipinski definition) is 1. The van der Waals surface area contributed by atoms with Crippen molar-refractivity contribution in [1.29, 1.82) is 0 Å². The SMILES string of the molecule is C=CCCCCCC(C(=O)O)C(C)(C)C. The van der Waals surface area contributed by atoms with Crippen molar-refractivity contribution in [3.8, 4) is 0 Å². The van der Waals surface area contributed by atoms with Gasteiger partial charge >= 0.3 is 5.97 Å². The van der Waals surface area contributed by atoms with Crippen molar-refractivity contribution in [2.24, 2.45) is 11.3 Å². The van der Waals surface area contributed by atoms with E-state index < -0.39 is 5.97 Å². The number of carboxylic acids is 1. The minimum absolute atomic E-state index is 0.135. The molecule has 0 aliphatic rings. The standard InChI is InChI=1S/C13H24O2/c1-5-6-7-8-9-10-11(12(14)15)13(2,3)4/h5,11H,1,6-10H2,2-4H3,(H,14,15). The van der Waals surface area contributed by atoms with Crippen LogP contribution in [-0.2, 0) is 4.79 Å². The van der Waals surface area contributed by atoms with Gasteiger partial charge in [0.1, 0.15) is 0 Å². The van der Waals surface area contributed by atoms with Crippen LogP contribution in [0.5, 0.6) is 0 Å². The van der Waals surface area contributed by atoms with Gasteiger partial charge in [-0.05, 0) is 24.7 Å². The smallest absolute Gasteiger partial charge is 0.307 e. The molecule has 0 spiro atoms. The number of unbranched alkanes of at least 4 members (excludes halogenated alkanes) is 3. The van der Waals surface area contributed by atoms with Crippen LogP contribution in [0, 0.1) is 11.3 Å². The van der Waals surface area contributed by atoms with Crippen molar-refractivity contribution >= 4 is 5.97 Å². The molecule has 1 N–H and O–H groups in total. The van der Waals surface area contributed by atoms with E-state index in [-0.39, 0.29) is 11.3 Å². The van der Waals surface area contributed by atoms with Gasteiger partial charge in [0, 0.05) is 0 Å². The molecule has 1 atom stereocenters. The summed E-state index contributed by atoms with van der Waals surface area (Å²) in [5, 5.41) is 9.10. The topological polar surface area (TPSA) is 37.3 Å². The van der Waals surface area contributed by atoms with E-state index in [1.54, 1.807) is 0 Å². The average Bonchev–Trinajstić information content (AvgIpc) is 2.08. The molecule has 0 saturated carbocycles. The third-order valence-electron chi connectivity index (χ3n) is 2.74. The molecule has 0 rings (SSSR count). The molecule has 0 aliphatic heterocycles. The Labute approximate surface area is 93.4 Å². The van der Waals surface area contributed by atoms with Crippen molar-refractivity contribution in [2.45, 2.75) is 52.9 Å². The number of rotatable bonds is 7. The third-order valence-corrected chi connectivity index (χ3v) is 2.74. The van der Waals surface area contributed by atoms with Crippen molar-refractivity contribution in [1.82, 2.24) is 0 Å².